The molecular formula is C30H37N3O. The minimum atomic E-state index is 0.342. The Morgan fingerprint density at radius 3 is 2.38 bits per heavy atom. The zero-order chi connectivity index (χ0) is 24.0. The fourth-order valence-corrected chi connectivity index (χ4v) is 3.71. The summed E-state index contributed by atoms with van der Waals surface area (Å²) in [5.41, 5.74) is 5.21. The molecule has 1 unspecified atom stereocenters. The smallest absolute Gasteiger partial charge is 0.178 e. The topological polar surface area (TPSA) is 47.9 Å². The highest BCUT2D eigenvalue weighted by Gasteiger charge is 2.05. The van der Waals surface area contributed by atoms with E-state index in [4.69, 9.17) is 4.74 Å². The maximum absolute atomic E-state index is 5.86. The van der Waals surface area contributed by atoms with Gasteiger partial charge < -0.3 is 4.74 Å². The summed E-state index contributed by atoms with van der Waals surface area (Å²) in [5.74, 6) is 0.635. The molecule has 0 saturated heterocycles. The minimum absolute atomic E-state index is 0.342. The van der Waals surface area contributed by atoms with E-state index in [-0.39, 0.29) is 0 Å². The standard InChI is InChI=1S/C30H37N3O/c1-4-6-10-20-34-24(3)12-8-7-9-13-26-16-19-29(31-21-26)30-32-22-28(23-33-30)27-17-14-25(11-5-2)15-18-27/h5,9,13-19,21-24H,2,4,6-8,10-12,20H2,1,3H3. The van der Waals surface area contributed by atoms with E-state index in [1.165, 1.54) is 24.8 Å². The van der Waals surface area contributed by atoms with Gasteiger partial charge in [-0.2, -0.15) is 0 Å². The predicted molar refractivity (Wildman–Crippen MR) is 142 cm³/mol. The van der Waals surface area contributed by atoms with Crippen LogP contribution in [0.5, 0.6) is 0 Å². The highest BCUT2D eigenvalue weighted by atomic mass is 16.5. The van der Waals surface area contributed by atoms with Gasteiger partial charge in [-0.15, -0.1) is 6.58 Å². The third-order valence-electron chi connectivity index (χ3n) is 5.78. The van der Waals surface area contributed by atoms with E-state index in [2.05, 4.69) is 77.9 Å². The molecule has 3 aromatic rings. The van der Waals surface area contributed by atoms with Gasteiger partial charge in [-0.1, -0.05) is 68.3 Å². The highest BCUT2D eigenvalue weighted by Crippen LogP contribution is 2.21. The molecule has 0 amide bonds. The molecule has 0 spiro atoms. The van der Waals surface area contributed by atoms with Crippen LogP contribution in [0.25, 0.3) is 28.7 Å². The van der Waals surface area contributed by atoms with Gasteiger partial charge in [-0.3, -0.25) is 4.98 Å². The lowest BCUT2D eigenvalue weighted by molar-refractivity contribution is 0.0566. The number of benzene rings is 1. The molecule has 0 fully saturated rings. The summed E-state index contributed by atoms with van der Waals surface area (Å²) in [6.07, 6.45) is 20.0. The van der Waals surface area contributed by atoms with E-state index in [0.29, 0.717) is 11.9 Å². The molecule has 0 bridgehead atoms. The Bertz CT molecular complexity index is 1010. The summed E-state index contributed by atoms with van der Waals surface area (Å²) in [6.45, 7) is 9.07. The quantitative estimate of drug-likeness (QED) is 0.184. The average Bonchev–Trinajstić information content (AvgIpc) is 2.88. The summed E-state index contributed by atoms with van der Waals surface area (Å²) >= 11 is 0. The number of rotatable bonds is 14. The van der Waals surface area contributed by atoms with Crippen molar-refractivity contribution in [3.05, 3.63) is 84.8 Å². The second-order valence-electron chi connectivity index (χ2n) is 8.68. The first-order valence-electron chi connectivity index (χ1n) is 12.5. The lowest BCUT2D eigenvalue weighted by Gasteiger charge is -2.11. The molecule has 4 heteroatoms. The van der Waals surface area contributed by atoms with Crippen molar-refractivity contribution in [3.63, 3.8) is 0 Å². The van der Waals surface area contributed by atoms with Crippen LogP contribution < -0.4 is 0 Å². The third-order valence-corrected chi connectivity index (χ3v) is 5.78. The molecule has 1 atom stereocenters. The average molecular weight is 456 g/mol. The van der Waals surface area contributed by atoms with Gasteiger partial charge in [-0.25, -0.2) is 9.97 Å². The van der Waals surface area contributed by atoms with Gasteiger partial charge in [0.2, 0.25) is 0 Å². The van der Waals surface area contributed by atoms with E-state index in [1.807, 2.05) is 30.7 Å². The van der Waals surface area contributed by atoms with Crippen LogP contribution in [0.2, 0.25) is 0 Å². The van der Waals surface area contributed by atoms with Crippen molar-refractivity contribution in [1.82, 2.24) is 15.0 Å². The van der Waals surface area contributed by atoms with Crippen LogP contribution in [0.15, 0.2) is 73.7 Å². The van der Waals surface area contributed by atoms with Crippen LogP contribution in [-0.4, -0.2) is 27.7 Å². The summed E-state index contributed by atoms with van der Waals surface area (Å²) in [5, 5.41) is 0. The number of ether oxygens (including phenoxy) is 1. The van der Waals surface area contributed by atoms with Crippen LogP contribution in [0.3, 0.4) is 0 Å². The summed E-state index contributed by atoms with van der Waals surface area (Å²) in [7, 11) is 0. The number of unbranched alkanes of at least 4 members (excludes halogenated alkanes) is 3. The lowest BCUT2D eigenvalue weighted by Crippen LogP contribution is -2.08. The van der Waals surface area contributed by atoms with Crippen molar-refractivity contribution in [2.24, 2.45) is 0 Å². The van der Waals surface area contributed by atoms with Gasteiger partial charge >= 0.3 is 0 Å². The van der Waals surface area contributed by atoms with Crippen molar-refractivity contribution in [2.75, 3.05) is 6.61 Å². The van der Waals surface area contributed by atoms with Crippen LogP contribution in [0.4, 0.5) is 0 Å². The largest absolute Gasteiger partial charge is 0.379 e. The monoisotopic (exact) mass is 455 g/mol. The van der Waals surface area contributed by atoms with Gasteiger partial charge in [0.25, 0.3) is 0 Å². The molecule has 0 saturated carbocycles. The molecule has 178 valence electrons. The van der Waals surface area contributed by atoms with E-state index < -0.39 is 0 Å². The Hall–Kier alpha value is -3.11. The van der Waals surface area contributed by atoms with Gasteiger partial charge in [0.1, 0.15) is 5.69 Å². The maximum atomic E-state index is 5.86. The SMILES string of the molecule is C=CCc1ccc(-c2cnc(-c3ccc(C=CCCCC(C)OCCCCC)cn3)nc2)cc1. The second kappa shape index (κ2) is 14.2. The van der Waals surface area contributed by atoms with Crippen LogP contribution in [0, 0.1) is 0 Å². The number of hydrogen-bond donors (Lipinski definition) is 0. The Kier molecular flexibility index (Phi) is 10.7. The summed E-state index contributed by atoms with van der Waals surface area (Å²) in [4.78, 5) is 13.6. The molecule has 0 N–H and O–H groups in total. The van der Waals surface area contributed by atoms with Crippen molar-refractivity contribution in [1.29, 1.82) is 0 Å². The number of allylic oxidation sites excluding steroid dienone is 2. The first-order valence-corrected chi connectivity index (χ1v) is 12.5. The van der Waals surface area contributed by atoms with Crippen molar-refractivity contribution >= 4 is 6.08 Å². The van der Waals surface area contributed by atoms with E-state index >= 15 is 0 Å². The molecule has 0 aliphatic heterocycles. The Labute approximate surface area is 204 Å². The number of hydrogen-bond acceptors (Lipinski definition) is 4. The fraction of sp³-hybridized carbons (Fsp3) is 0.367. The van der Waals surface area contributed by atoms with E-state index in [0.717, 1.165) is 54.7 Å². The zero-order valence-electron chi connectivity index (χ0n) is 20.6. The maximum Gasteiger partial charge on any atom is 0.178 e. The van der Waals surface area contributed by atoms with Crippen molar-refractivity contribution in [2.45, 2.75) is 64.9 Å². The number of aromatic nitrogens is 3. The van der Waals surface area contributed by atoms with Crippen molar-refractivity contribution < 1.29 is 4.74 Å². The van der Waals surface area contributed by atoms with Gasteiger partial charge in [0, 0.05) is 30.8 Å². The van der Waals surface area contributed by atoms with E-state index in [1.54, 1.807) is 0 Å². The molecule has 1 aromatic carbocycles. The molecule has 2 aromatic heterocycles. The molecule has 4 nitrogen and oxygen atoms in total. The number of pyridine rings is 1. The number of nitrogens with zero attached hydrogens (tertiary/aromatic N) is 3. The molecule has 3 rings (SSSR count). The van der Waals surface area contributed by atoms with Crippen molar-refractivity contribution in [3.8, 4) is 22.6 Å². The van der Waals surface area contributed by atoms with Gasteiger partial charge in [0.15, 0.2) is 5.82 Å². The summed E-state index contributed by atoms with van der Waals surface area (Å²) < 4.78 is 5.86. The summed E-state index contributed by atoms with van der Waals surface area (Å²) in [6, 6.07) is 12.5. The molecule has 0 aliphatic rings. The van der Waals surface area contributed by atoms with E-state index in [9.17, 15) is 0 Å². The third kappa shape index (κ3) is 8.35. The molecule has 0 radical (unpaired) electrons. The predicted octanol–water partition coefficient (Wildman–Crippen LogP) is 7.71. The second-order valence-corrected chi connectivity index (χ2v) is 8.68. The Morgan fingerprint density at radius 2 is 1.71 bits per heavy atom. The molecular weight excluding hydrogens is 418 g/mol. The molecule has 0 aliphatic carbocycles. The minimum Gasteiger partial charge on any atom is -0.379 e. The Morgan fingerprint density at radius 1 is 0.912 bits per heavy atom. The zero-order valence-corrected chi connectivity index (χ0v) is 20.6. The fourth-order valence-electron chi connectivity index (χ4n) is 3.71. The van der Waals surface area contributed by atoms with Crippen LogP contribution in [-0.2, 0) is 11.2 Å². The van der Waals surface area contributed by atoms with Crippen LogP contribution in [0.1, 0.15) is 63.5 Å². The first kappa shape index (κ1) is 25.5. The van der Waals surface area contributed by atoms with Gasteiger partial charge in [0.05, 0.1) is 6.10 Å². The van der Waals surface area contributed by atoms with Crippen LogP contribution >= 0.6 is 0 Å². The Balaban J connectivity index is 1.46. The van der Waals surface area contributed by atoms with Gasteiger partial charge in [-0.05, 0) is 61.8 Å². The normalized spacial score (nSPS) is 12.2. The highest BCUT2D eigenvalue weighted by molar-refractivity contribution is 5.63. The lowest BCUT2D eigenvalue weighted by atomic mass is 10.1. The molecule has 34 heavy (non-hydrogen) atoms. The first-order chi connectivity index (χ1) is 16.7. The molecule has 2 heterocycles.